The smallest absolute Gasteiger partial charge is 0.318 e. The molecule has 8 heteroatoms. The Morgan fingerprint density at radius 1 is 1.18 bits per heavy atom. The normalized spacial score (nSPS) is 14.9. The number of hydrogen-bond acceptors (Lipinski definition) is 4. The van der Waals surface area contributed by atoms with Crippen LogP contribution in [-0.2, 0) is 14.8 Å². The van der Waals surface area contributed by atoms with Gasteiger partial charge in [-0.1, -0.05) is 0 Å². The van der Waals surface area contributed by atoms with Crippen LogP contribution in [0, 0.1) is 0 Å². The Balaban J connectivity index is 2.28. The van der Waals surface area contributed by atoms with E-state index >= 15 is 0 Å². The number of benzene rings is 1. The first-order valence-electron chi connectivity index (χ1n) is 6.79. The lowest BCUT2D eigenvalue weighted by Gasteiger charge is -2.20. The molecule has 7 nitrogen and oxygen atoms in total. The Morgan fingerprint density at radius 3 is 2.14 bits per heavy atom. The van der Waals surface area contributed by atoms with Gasteiger partial charge in [-0.3, -0.25) is 9.59 Å². The van der Waals surface area contributed by atoms with Crippen LogP contribution in [0.2, 0.25) is 0 Å². The Morgan fingerprint density at radius 2 is 1.73 bits per heavy atom. The summed E-state index contributed by atoms with van der Waals surface area (Å²) >= 11 is 0. The molecule has 1 saturated carbocycles. The highest BCUT2D eigenvalue weighted by molar-refractivity contribution is 7.89. The van der Waals surface area contributed by atoms with Gasteiger partial charge in [-0.05, 0) is 37.1 Å². The summed E-state index contributed by atoms with van der Waals surface area (Å²) in [4.78, 5) is 24.1. The zero-order valence-electron chi connectivity index (χ0n) is 12.4. The summed E-state index contributed by atoms with van der Waals surface area (Å²) in [7, 11) is -0.656. The second-order valence-electron chi connectivity index (χ2n) is 5.40. The summed E-state index contributed by atoms with van der Waals surface area (Å²) in [5, 5.41) is 8.89. The third kappa shape index (κ3) is 3.45. The van der Waals surface area contributed by atoms with Crippen LogP contribution in [0.4, 0.5) is 0 Å². The molecule has 0 heterocycles. The maximum Gasteiger partial charge on any atom is 0.318 e. The van der Waals surface area contributed by atoms with E-state index in [4.69, 9.17) is 5.11 Å². The van der Waals surface area contributed by atoms with Crippen LogP contribution in [0.3, 0.4) is 0 Å². The van der Waals surface area contributed by atoms with E-state index < -0.39 is 22.5 Å². The first kappa shape index (κ1) is 16.4. The second kappa shape index (κ2) is 6.05. The number of carboxylic acids is 1. The fourth-order valence-electron chi connectivity index (χ4n) is 2.07. The van der Waals surface area contributed by atoms with Crippen molar-refractivity contribution in [1.29, 1.82) is 0 Å². The van der Waals surface area contributed by atoms with Crippen molar-refractivity contribution in [2.75, 3.05) is 20.6 Å². The van der Waals surface area contributed by atoms with E-state index in [0.29, 0.717) is 18.4 Å². The average Bonchev–Trinajstić information content (AvgIpc) is 3.28. The molecule has 2 rings (SSSR count). The molecule has 22 heavy (non-hydrogen) atoms. The minimum atomic E-state index is -3.87. The Labute approximate surface area is 129 Å². The average molecular weight is 326 g/mol. The number of nitrogens with zero attached hydrogens (tertiary/aromatic N) is 2. The Bertz CT molecular complexity index is 678. The second-order valence-corrected chi connectivity index (χ2v) is 7.29. The van der Waals surface area contributed by atoms with Crippen LogP contribution < -0.4 is 0 Å². The predicted molar refractivity (Wildman–Crippen MR) is 79.0 cm³/mol. The van der Waals surface area contributed by atoms with Gasteiger partial charge in [-0.25, -0.2) is 8.42 Å². The van der Waals surface area contributed by atoms with Gasteiger partial charge in [-0.15, -0.1) is 0 Å². The van der Waals surface area contributed by atoms with Gasteiger partial charge in [0.1, 0.15) is 6.54 Å². The number of carbonyl (C=O) groups is 2. The molecule has 1 N–H and O–H groups in total. The maximum atomic E-state index is 12.5. The molecule has 1 aliphatic carbocycles. The minimum Gasteiger partial charge on any atom is -0.480 e. The van der Waals surface area contributed by atoms with Crippen LogP contribution in [0.25, 0.3) is 0 Å². The van der Waals surface area contributed by atoms with Crippen molar-refractivity contribution >= 4 is 21.9 Å². The van der Waals surface area contributed by atoms with Crippen molar-refractivity contribution < 1.29 is 23.1 Å². The van der Waals surface area contributed by atoms with Gasteiger partial charge >= 0.3 is 5.97 Å². The van der Waals surface area contributed by atoms with Crippen molar-refractivity contribution in [2.45, 2.75) is 23.8 Å². The number of rotatable bonds is 6. The predicted octanol–water partition coefficient (Wildman–Crippen LogP) is 0.626. The highest BCUT2D eigenvalue weighted by atomic mass is 32.2. The largest absolute Gasteiger partial charge is 0.480 e. The van der Waals surface area contributed by atoms with Gasteiger partial charge < -0.3 is 10.0 Å². The molecule has 0 radical (unpaired) electrons. The lowest BCUT2D eigenvalue weighted by Crippen LogP contribution is -2.37. The van der Waals surface area contributed by atoms with Crippen molar-refractivity contribution in [3.63, 3.8) is 0 Å². The number of aliphatic carboxylic acids is 1. The van der Waals surface area contributed by atoms with E-state index in [1.165, 1.54) is 29.2 Å². The molecule has 1 amide bonds. The topological polar surface area (TPSA) is 95.0 Å². The fraction of sp³-hybridized carbons (Fsp3) is 0.429. The van der Waals surface area contributed by atoms with Crippen molar-refractivity contribution in [2.24, 2.45) is 0 Å². The maximum absolute atomic E-state index is 12.5. The number of amides is 1. The van der Waals surface area contributed by atoms with Crippen LogP contribution in [0.1, 0.15) is 23.2 Å². The molecular weight excluding hydrogens is 308 g/mol. The van der Waals surface area contributed by atoms with Gasteiger partial charge in [0.2, 0.25) is 10.0 Å². The highest BCUT2D eigenvalue weighted by Crippen LogP contribution is 2.31. The number of carbonyl (C=O) groups excluding carboxylic acids is 1. The van der Waals surface area contributed by atoms with Crippen LogP contribution in [0.5, 0.6) is 0 Å². The van der Waals surface area contributed by atoms with Crippen LogP contribution in [0.15, 0.2) is 29.2 Å². The van der Waals surface area contributed by atoms with Crippen LogP contribution in [-0.4, -0.2) is 61.3 Å². The Hall–Kier alpha value is -1.93. The molecule has 0 aliphatic heterocycles. The van der Waals surface area contributed by atoms with E-state index in [0.717, 1.165) is 4.31 Å². The first-order valence-corrected chi connectivity index (χ1v) is 8.23. The molecular formula is C14H18N2O5S. The summed E-state index contributed by atoms with van der Waals surface area (Å²) in [6, 6.07) is 5.29. The summed E-state index contributed by atoms with van der Waals surface area (Å²) in [6.07, 6.45) is 1.34. The molecule has 0 atom stereocenters. The molecule has 0 bridgehead atoms. The first-order chi connectivity index (χ1) is 10.2. The van der Waals surface area contributed by atoms with Crippen molar-refractivity contribution in [1.82, 2.24) is 9.21 Å². The summed E-state index contributed by atoms with van der Waals surface area (Å²) in [5.41, 5.74) is 0.375. The van der Waals surface area contributed by atoms with E-state index in [-0.39, 0.29) is 16.8 Å². The molecule has 0 spiro atoms. The van der Waals surface area contributed by atoms with Gasteiger partial charge in [0, 0.05) is 25.7 Å². The zero-order valence-corrected chi connectivity index (χ0v) is 13.2. The summed E-state index contributed by atoms with van der Waals surface area (Å²) in [6.45, 7) is -0.550. The number of carboxylic acid groups (broad SMARTS) is 1. The monoisotopic (exact) mass is 326 g/mol. The van der Waals surface area contributed by atoms with Gasteiger partial charge in [0.25, 0.3) is 5.91 Å². The summed E-state index contributed by atoms with van der Waals surface area (Å²) in [5.74, 6) is -1.41. The van der Waals surface area contributed by atoms with E-state index in [2.05, 4.69) is 0 Å². The standard InChI is InChI=1S/C14H18N2O5S/c1-15(2)14(19)10-3-7-12(8-4-10)22(20,21)16(9-13(17)18)11-5-6-11/h3-4,7-8,11H,5-6,9H2,1-2H3,(H,17,18). The number of hydrogen-bond donors (Lipinski definition) is 1. The SMILES string of the molecule is CN(C)C(=O)c1ccc(S(=O)(=O)N(CC(=O)O)C2CC2)cc1. The minimum absolute atomic E-state index is 0.00374. The molecule has 1 aromatic carbocycles. The van der Waals surface area contributed by atoms with E-state index in [1.54, 1.807) is 14.1 Å². The Kier molecular flexibility index (Phi) is 4.52. The van der Waals surface area contributed by atoms with Gasteiger partial charge in [0.05, 0.1) is 4.90 Å². The van der Waals surface area contributed by atoms with Crippen molar-refractivity contribution in [3.05, 3.63) is 29.8 Å². The lowest BCUT2D eigenvalue weighted by atomic mass is 10.2. The van der Waals surface area contributed by atoms with E-state index in [1.807, 2.05) is 0 Å². The molecule has 120 valence electrons. The molecule has 0 aromatic heterocycles. The molecule has 1 aromatic rings. The molecule has 0 unspecified atom stereocenters. The highest BCUT2D eigenvalue weighted by Gasteiger charge is 2.39. The third-order valence-corrected chi connectivity index (χ3v) is 5.27. The van der Waals surface area contributed by atoms with Crippen molar-refractivity contribution in [3.8, 4) is 0 Å². The zero-order chi connectivity index (χ0) is 16.5. The van der Waals surface area contributed by atoms with Crippen LogP contribution >= 0.6 is 0 Å². The van der Waals surface area contributed by atoms with Gasteiger partial charge in [0.15, 0.2) is 0 Å². The third-order valence-electron chi connectivity index (χ3n) is 3.36. The summed E-state index contributed by atoms with van der Waals surface area (Å²) < 4.78 is 26.1. The van der Waals surface area contributed by atoms with Gasteiger partial charge in [-0.2, -0.15) is 4.31 Å². The molecule has 0 saturated heterocycles. The molecule has 1 aliphatic rings. The molecule has 1 fully saturated rings. The lowest BCUT2D eigenvalue weighted by molar-refractivity contribution is -0.137. The van der Waals surface area contributed by atoms with E-state index in [9.17, 15) is 18.0 Å². The quantitative estimate of drug-likeness (QED) is 0.827. The number of sulfonamides is 1. The fourth-order valence-corrected chi connectivity index (χ4v) is 3.70.